The van der Waals surface area contributed by atoms with Crippen molar-refractivity contribution in [3.63, 3.8) is 0 Å². The molecule has 1 aliphatic rings. The van der Waals surface area contributed by atoms with Crippen molar-refractivity contribution in [3.05, 3.63) is 7.05 Å². The van der Waals surface area contributed by atoms with E-state index < -0.39 is 0 Å². The second-order valence-corrected chi connectivity index (χ2v) is 4.81. The Morgan fingerprint density at radius 2 is 1.36 bits per heavy atom. The molecule has 1 fully saturated rings. The largest absolute Gasteiger partial charge is 0.282 e. The highest BCUT2D eigenvalue weighted by Crippen LogP contribution is 2.36. The molecule has 0 aromatic rings. The van der Waals surface area contributed by atoms with E-state index in [1.807, 2.05) is 0 Å². The van der Waals surface area contributed by atoms with Crippen LogP contribution in [0.1, 0.15) is 47.0 Å². The normalized spacial score (nSPS) is 30.3. The Balaban J connectivity index is 2.76. The van der Waals surface area contributed by atoms with Crippen LogP contribution in [0.25, 0.3) is 0 Å². The summed E-state index contributed by atoms with van der Waals surface area (Å²) in [6.45, 7) is 8.61. The van der Waals surface area contributed by atoms with E-state index in [2.05, 4.69) is 27.7 Å². The van der Waals surface area contributed by atoms with Crippen LogP contribution in [-0.2, 0) is 0 Å². The van der Waals surface area contributed by atoms with E-state index in [9.17, 15) is 0 Å². The van der Waals surface area contributed by atoms with E-state index in [0.29, 0.717) is 0 Å². The molecule has 1 rings (SSSR count). The Kier molecular flexibility index (Phi) is 2.04. The van der Waals surface area contributed by atoms with Crippen molar-refractivity contribution in [2.75, 3.05) is 0 Å². The van der Waals surface area contributed by atoms with Gasteiger partial charge in [0, 0.05) is 11.1 Å². The van der Waals surface area contributed by atoms with Crippen LogP contribution in [0, 0.1) is 7.05 Å². The summed E-state index contributed by atoms with van der Waals surface area (Å²) in [5.74, 6) is 0. The summed E-state index contributed by atoms with van der Waals surface area (Å²) in [6, 6.07) is 0. The third-order valence-electron chi connectivity index (χ3n) is 2.79. The Labute approximate surface area is 70.8 Å². The molecule has 0 aromatic heterocycles. The summed E-state index contributed by atoms with van der Waals surface area (Å²) < 4.78 is 0. The van der Waals surface area contributed by atoms with Crippen molar-refractivity contribution >= 4 is 0 Å². The number of piperidine rings is 1. The molecule has 1 saturated heterocycles. The molecule has 0 atom stereocenters. The fraction of sp³-hybridized carbons (Fsp3) is 0.900. The maximum atomic E-state index is 7.91. The van der Waals surface area contributed by atoms with E-state index in [-0.39, 0.29) is 11.1 Å². The molecule has 11 heavy (non-hydrogen) atoms. The minimum atomic E-state index is 0.0712. The van der Waals surface area contributed by atoms with Crippen LogP contribution in [0.3, 0.4) is 0 Å². The molecule has 0 spiro atoms. The van der Waals surface area contributed by atoms with E-state index in [4.69, 9.17) is 7.05 Å². The number of rotatable bonds is 0. The van der Waals surface area contributed by atoms with Crippen molar-refractivity contribution in [1.82, 2.24) is 4.90 Å². The van der Waals surface area contributed by atoms with Crippen LogP contribution in [0.15, 0.2) is 0 Å². The van der Waals surface area contributed by atoms with Crippen molar-refractivity contribution < 1.29 is 0 Å². The highest BCUT2D eigenvalue weighted by Gasteiger charge is 2.38. The molecule has 0 N–H and O–H groups in total. The van der Waals surface area contributed by atoms with Gasteiger partial charge in [0.1, 0.15) is 0 Å². The fourth-order valence-corrected chi connectivity index (χ4v) is 2.00. The smallest absolute Gasteiger partial charge is 0.0892 e. The molecular weight excluding hydrogens is 134 g/mol. The van der Waals surface area contributed by atoms with Gasteiger partial charge in [0.2, 0.25) is 0 Å². The van der Waals surface area contributed by atoms with Crippen LogP contribution in [0.2, 0.25) is 0 Å². The van der Waals surface area contributed by atoms with E-state index in [1.165, 1.54) is 6.42 Å². The second-order valence-electron chi connectivity index (χ2n) is 4.81. The molecule has 0 aliphatic carbocycles. The molecule has 1 heteroatoms. The van der Waals surface area contributed by atoms with Gasteiger partial charge in [-0.25, -0.2) is 0 Å². The van der Waals surface area contributed by atoms with Gasteiger partial charge in [-0.3, -0.25) is 4.90 Å². The summed E-state index contributed by atoms with van der Waals surface area (Å²) >= 11 is 0. The molecule has 3 radical (unpaired) electrons. The quantitative estimate of drug-likeness (QED) is 0.515. The topological polar surface area (TPSA) is 3.24 Å². The molecule has 1 heterocycles. The first-order chi connectivity index (χ1) is 4.86. The third kappa shape index (κ3) is 1.58. The van der Waals surface area contributed by atoms with Crippen molar-refractivity contribution in [2.24, 2.45) is 0 Å². The lowest BCUT2D eigenvalue weighted by atomic mass is 9.80. The standard InChI is InChI=1S/C10H18N/c1-9(2)7-6-8-10(3,4)11(9)5/h6-8H2,1-4H3. The lowest BCUT2D eigenvalue weighted by Crippen LogP contribution is -2.54. The number of hydrogen-bond acceptors (Lipinski definition) is 1. The van der Waals surface area contributed by atoms with Gasteiger partial charge in [0.25, 0.3) is 0 Å². The van der Waals surface area contributed by atoms with Crippen LogP contribution in [-0.4, -0.2) is 16.0 Å². The monoisotopic (exact) mass is 152 g/mol. The maximum absolute atomic E-state index is 7.91. The number of nitrogens with zero attached hydrogens (tertiary/aromatic N) is 1. The number of hydrogen-bond donors (Lipinski definition) is 0. The molecule has 0 aromatic carbocycles. The summed E-state index contributed by atoms with van der Waals surface area (Å²) in [5, 5.41) is 0. The predicted molar refractivity (Wildman–Crippen MR) is 47.1 cm³/mol. The van der Waals surface area contributed by atoms with Gasteiger partial charge in [-0.15, -0.1) is 0 Å². The third-order valence-corrected chi connectivity index (χ3v) is 2.79. The Morgan fingerprint density at radius 3 is 1.64 bits per heavy atom. The van der Waals surface area contributed by atoms with Gasteiger partial charge in [-0.2, -0.15) is 0 Å². The van der Waals surface area contributed by atoms with Gasteiger partial charge in [-0.05, 0) is 47.0 Å². The van der Waals surface area contributed by atoms with Crippen LogP contribution < -0.4 is 0 Å². The van der Waals surface area contributed by atoms with E-state index in [0.717, 1.165) is 12.8 Å². The summed E-state index contributed by atoms with van der Waals surface area (Å²) in [6.07, 6.45) is 3.56. The van der Waals surface area contributed by atoms with Crippen molar-refractivity contribution in [3.8, 4) is 0 Å². The first kappa shape index (κ1) is 9.05. The van der Waals surface area contributed by atoms with Gasteiger partial charge in [0.05, 0.1) is 7.05 Å². The first-order valence-electron chi connectivity index (χ1n) is 4.38. The highest BCUT2D eigenvalue weighted by molar-refractivity contribution is 4.96. The first-order valence-corrected chi connectivity index (χ1v) is 4.38. The summed E-state index contributed by atoms with van der Waals surface area (Å²) in [4.78, 5) is 1.77. The minimum absolute atomic E-state index is 0.0712. The molecule has 0 saturated carbocycles. The van der Waals surface area contributed by atoms with Gasteiger partial charge < -0.3 is 0 Å². The maximum Gasteiger partial charge on any atom is 0.0892 e. The molecule has 63 valence electrons. The highest BCUT2D eigenvalue weighted by atomic mass is 15.2. The lowest BCUT2D eigenvalue weighted by molar-refractivity contribution is 0.0158. The Hall–Kier alpha value is -0.0400. The minimum Gasteiger partial charge on any atom is -0.282 e. The molecule has 0 amide bonds. The zero-order valence-electron chi connectivity index (χ0n) is 8.07. The molecular formula is C10H18N. The molecule has 1 aliphatic heterocycles. The predicted octanol–water partition coefficient (Wildman–Crippen LogP) is 2.58. The zero-order chi connectivity index (χ0) is 8.70. The molecule has 0 unspecified atom stereocenters. The Bertz CT molecular complexity index is 131. The average molecular weight is 152 g/mol. The summed E-state index contributed by atoms with van der Waals surface area (Å²) in [7, 11) is 7.91. The van der Waals surface area contributed by atoms with E-state index in [1.54, 1.807) is 4.90 Å². The van der Waals surface area contributed by atoms with Crippen LogP contribution >= 0.6 is 0 Å². The van der Waals surface area contributed by atoms with Gasteiger partial charge in [0.15, 0.2) is 0 Å². The zero-order valence-corrected chi connectivity index (χ0v) is 8.07. The van der Waals surface area contributed by atoms with Gasteiger partial charge in [-0.1, -0.05) is 0 Å². The van der Waals surface area contributed by atoms with Crippen molar-refractivity contribution in [1.29, 1.82) is 0 Å². The molecule has 1 nitrogen and oxygen atoms in total. The summed E-state index contributed by atoms with van der Waals surface area (Å²) in [5.41, 5.74) is 0.142. The van der Waals surface area contributed by atoms with E-state index >= 15 is 0 Å². The molecule has 0 bridgehead atoms. The van der Waals surface area contributed by atoms with Gasteiger partial charge >= 0.3 is 0 Å². The van der Waals surface area contributed by atoms with Crippen LogP contribution in [0.4, 0.5) is 0 Å². The number of likely N-dealkylation sites (tertiary alicyclic amines) is 1. The average Bonchev–Trinajstić information content (AvgIpc) is 1.82. The fourth-order valence-electron chi connectivity index (χ4n) is 2.00. The Morgan fingerprint density at radius 1 is 1.00 bits per heavy atom. The van der Waals surface area contributed by atoms with Crippen molar-refractivity contribution in [2.45, 2.75) is 58.0 Å². The second kappa shape index (κ2) is 2.48. The van der Waals surface area contributed by atoms with Crippen LogP contribution in [0.5, 0.6) is 0 Å². The lowest BCUT2D eigenvalue weighted by Gasteiger charge is -2.50. The SMILES string of the molecule is [C]N1C(C)(C)CCCC1(C)C.